The van der Waals surface area contributed by atoms with Gasteiger partial charge in [0, 0.05) is 30.8 Å². The molecule has 3 aromatic rings. The number of ether oxygens (including phenoxy) is 2. The van der Waals surface area contributed by atoms with Crippen molar-refractivity contribution >= 4 is 12.0 Å². The van der Waals surface area contributed by atoms with Crippen LogP contribution in [0.15, 0.2) is 65.7 Å². The number of carbonyl (C=O) groups is 1. The predicted octanol–water partition coefficient (Wildman–Crippen LogP) is 2.61. The van der Waals surface area contributed by atoms with E-state index in [1.165, 1.54) is 35.2 Å². The van der Waals surface area contributed by atoms with Gasteiger partial charge in [-0.3, -0.25) is 14.2 Å². The number of nitrogens with one attached hydrogen (secondary N) is 1. The first kappa shape index (κ1) is 19.4. The maximum absolute atomic E-state index is 13.0. The van der Waals surface area contributed by atoms with Gasteiger partial charge in [0.1, 0.15) is 5.82 Å². The minimum absolute atomic E-state index is 0.197. The lowest BCUT2D eigenvalue weighted by Gasteiger charge is -2.07. The third kappa shape index (κ3) is 4.54. The van der Waals surface area contributed by atoms with Crippen molar-refractivity contribution < 1.29 is 18.7 Å². The van der Waals surface area contributed by atoms with Crippen LogP contribution in [0.2, 0.25) is 0 Å². The lowest BCUT2D eigenvalue weighted by Crippen LogP contribution is -2.29. The molecule has 1 amide bonds. The number of nitrogens with zero attached hydrogens (tertiary/aromatic N) is 2. The van der Waals surface area contributed by atoms with Crippen molar-refractivity contribution in [3.05, 3.63) is 82.7 Å². The highest BCUT2D eigenvalue weighted by molar-refractivity contribution is 5.91. The fourth-order valence-corrected chi connectivity index (χ4v) is 2.92. The summed E-state index contributed by atoms with van der Waals surface area (Å²) in [6, 6.07) is 12.5. The molecule has 0 unspecified atom stereocenters. The fourth-order valence-electron chi connectivity index (χ4n) is 2.92. The summed E-state index contributed by atoms with van der Waals surface area (Å²) in [4.78, 5) is 28.5. The Labute approximate surface area is 171 Å². The first-order chi connectivity index (χ1) is 14.6. The quantitative estimate of drug-likeness (QED) is 0.636. The summed E-state index contributed by atoms with van der Waals surface area (Å²) in [5.74, 6) is 0.696. The van der Waals surface area contributed by atoms with E-state index in [2.05, 4.69) is 10.3 Å². The number of halogens is 1. The topological polar surface area (TPSA) is 82.4 Å². The Morgan fingerprint density at radius 1 is 1.13 bits per heavy atom. The molecule has 1 aliphatic rings. The Hall–Kier alpha value is -3.94. The van der Waals surface area contributed by atoms with Crippen molar-refractivity contribution in [3.8, 4) is 22.8 Å². The molecule has 4 rings (SSSR count). The number of carbonyl (C=O) groups excluding carboxylic acids is 1. The van der Waals surface area contributed by atoms with Crippen molar-refractivity contribution in [1.29, 1.82) is 0 Å². The Morgan fingerprint density at radius 3 is 2.73 bits per heavy atom. The van der Waals surface area contributed by atoms with Gasteiger partial charge < -0.3 is 14.8 Å². The molecule has 1 N–H and O–H groups in total. The summed E-state index contributed by atoms with van der Waals surface area (Å²) in [6.07, 6.45) is 4.49. The molecule has 0 saturated carbocycles. The molecule has 8 heteroatoms. The molecule has 2 aromatic carbocycles. The van der Waals surface area contributed by atoms with Crippen LogP contribution in [0.1, 0.15) is 5.56 Å². The molecular weight excluding hydrogens is 389 g/mol. The van der Waals surface area contributed by atoms with Gasteiger partial charge in [0.15, 0.2) is 11.5 Å². The van der Waals surface area contributed by atoms with Gasteiger partial charge in [-0.1, -0.05) is 6.07 Å². The molecule has 1 aliphatic heterocycles. The van der Waals surface area contributed by atoms with E-state index in [9.17, 15) is 14.0 Å². The van der Waals surface area contributed by atoms with Crippen LogP contribution in [0.3, 0.4) is 0 Å². The smallest absolute Gasteiger partial charge is 0.253 e. The molecule has 0 saturated heterocycles. The third-order valence-corrected chi connectivity index (χ3v) is 4.50. The van der Waals surface area contributed by atoms with Crippen LogP contribution in [0.4, 0.5) is 4.39 Å². The number of amides is 1. The van der Waals surface area contributed by atoms with E-state index in [-0.39, 0.29) is 37.2 Å². The van der Waals surface area contributed by atoms with Crippen LogP contribution < -0.4 is 20.3 Å². The van der Waals surface area contributed by atoms with Gasteiger partial charge in [-0.05, 0) is 48.0 Å². The van der Waals surface area contributed by atoms with Gasteiger partial charge in [-0.25, -0.2) is 9.37 Å². The Morgan fingerprint density at radius 2 is 1.93 bits per heavy atom. The molecule has 152 valence electrons. The third-order valence-electron chi connectivity index (χ3n) is 4.50. The molecule has 2 heterocycles. The molecule has 0 radical (unpaired) electrons. The summed E-state index contributed by atoms with van der Waals surface area (Å²) >= 11 is 0. The summed E-state index contributed by atoms with van der Waals surface area (Å²) < 4.78 is 25.0. The molecule has 0 aliphatic carbocycles. The van der Waals surface area contributed by atoms with E-state index in [0.717, 1.165) is 5.56 Å². The van der Waals surface area contributed by atoms with Crippen molar-refractivity contribution in [3.63, 3.8) is 0 Å². The number of benzene rings is 2. The van der Waals surface area contributed by atoms with Crippen molar-refractivity contribution in [2.75, 3.05) is 13.3 Å². The number of aromatic nitrogens is 2. The molecule has 30 heavy (non-hydrogen) atoms. The zero-order valence-electron chi connectivity index (χ0n) is 15.9. The molecule has 0 fully saturated rings. The van der Waals surface area contributed by atoms with E-state index >= 15 is 0 Å². The van der Waals surface area contributed by atoms with Crippen LogP contribution in [-0.2, 0) is 11.3 Å². The normalized spacial score (nSPS) is 12.3. The van der Waals surface area contributed by atoms with Crippen molar-refractivity contribution in [2.24, 2.45) is 0 Å². The van der Waals surface area contributed by atoms with Crippen LogP contribution in [0.5, 0.6) is 11.5 Å². The van der Waals surface area contributed by atoms with E-state index in [4.69, 9.17) is 9.47 Å². The van der Waals surface area contributed by atoms with Gasteiger partial charge in [0.25, 0.3) is 5.56 Å². The lowest BCUT2D eigenvalue weighted by molar-refractivity contribution is -0.116. The van der Waals surface area contributed by atoms with Crippen LogP contribution in [0, 0.1) is 5.82 Å². The molecular formula is C22H18FN3O4. The van der Waals surface area contributed by atoms with Gasteiger partial charge >= 0.3 is 0 Å². The van der Waals surface area contributed by atoms with E-state index in [1.807, 2.05) is 6.07 Å². The standard InChI is InChI=1S/C22H18FN3O4/c23-17-5-3-16(4-6-17)18-12-22(28)26(13-25-18)10-9-24-21(27)8-2-15-1-7-19-20(11-15)30-14-29-19/h1-8,11-13H,9-10,14H2,(H,24,27)/b8-2+. The number of hydrogen-bond donors (Lipinski definition) is 1. The monoisotopic (exact) mass is 407 g/mol. The molecule has 0 spiro atoms. The summed E-state index contributed by atoms with van der Waals surface area (Å²) in [6.45, 7) is 0.739. The Balaban J connectivity index is 1.31. The van der Waals surface area contributed by atoms with Gasteiger partial charge in [-0.2, -0.15) is 0 Å². The summed E-state index contributed by atoms with van der Waals surface area (Å²) in [5.41, 5.74) is 1.68. The predicted molar refractivity (Wildman–Crippen MR) is 108 cm³/mol. The number of hydrogen-bond acceptors (Lipinski definition) is 5. The summed E-state index contributed by atoms with van der Waals surface area (Å²) in [5, 5.41) is 2.72. The lowest BCUT2D eigenvalue weighted by atomic mass is 10.1. The fraction of sp³-hybridized carbons (Fsp3) is 0.136. The Kier molecular flexibility index (Phi) is 5.56. The van der Waals surface area contributed by atoms with E-state index in [0.29, 0.717) is 22.8 Å². The van der Waals surface area contributed by atoms with Crippen molar-refractivity contribution in [1.82, 2.24) is 14.9 Å². The number of fused-ring (bicyclic) bond motifs is 1. The Bertz CT molecular complexity index is 1160. The maximum Gasteiger partial charge on any atom is 0.253 e. The van der Waals surface area contributed by atoms with Gasteiger partial charge in [-0.15, -0.1) is 0 Å². The first-order valence-electron chi connectivity index (χ1n) is 9.26. The second-order valence-corrected chi connectivity index (χ2v) is 6.55. The van der Waals surface area contributed by atoms with Gasteiger partial charge in [0.2, 0.25) is 12.7 Å². The minimum atomic E-state index is -0.351. The zero-order valence-corrected chi connectivity index (χ0v) is 15.9. The average molecular weight is 407 g/mol. The highest BCUT2D eigenvalue weighted by Crippen LogP contribution is 2.32. The molecule has 0 bridgehead atoms. The van der Waals surface area contributed by atoms with Crippen molar-refractivity contribution in [2.45, 2.75) is 6.54 Å². The highest BCUT2D eigenvalue weighted by atomic mass is 19.1. The largest absolute Gasteiger partial charge is 0.454 e. The first-order valence-corrected chi connectivity index (χ1v) is 9.26. The van der Waals surface area contributed by atoms with E-state index < -0.39 is 0 Å². The second-order valence-electron chi connectivity index (χ2n) is 6.55. The molecule has 1 aromatic heterocycles. The van der Waals surface area contributed by atoms with Crippen LogP contribution in [-0.4, -0.2) is 28.8 Å². The second kappa shape index (κ2) is 8.60. The summed E-state index contributed by atoms with van der Waals surface area (Å²) in [7, 11) is 0. The van der Waals surface area contributed by atoms with Gasteiger partial charge in [0.05, 0.1) is 12.0 Å². The number of rotatable bonds is 6. The van der Waals surface area contributed by atoms with Crippen LogP contribution in [0.25, 0.3) is 17.3 Å². The molecule has 7 nitrogen and oxygen atoms in total. The van der Waals surface area contributed by atoms with E-state index in [1.54, 1.807) is 30.3 Å². The highest BCUT2D eigenvalue weighted by Gasteiger charge is 2.12. The zero-order chi connectivity index (χ0) is 20.9. The van der Waals surface area contributed by atoms with Crippen LogP contribution >= 0.6 is 0 Å². The minimum Gasteiger partial charge on any atom is -0.454 e. The SMILES string of the molecule is O=C(/C=C/c1ccc2c(c1)OCO2)NCCn1cnc(-c2ccc(F)cc2)cc1=O. The average Bonchev–Trinajstić information content (AvgIpc) is 3.22. The molecule has 0 atom stereocenters. The maximum atomic E-state index is 13.0.